The average molecular weight is 454 g/mol. The second-order valence-electron chi connectivity index (χ2n) is 7.29. The molecule has 0 unspecified atom stereocenters. The molecule has 11 heteroatoms. The molecule has 1 atom stereocenters. The van der Waals surface area contributed by atoms with Crippen LogP contribution in [0.25, 0.3) is 0 Å². The van der Waals surface area contributed by atoms with Crippen LogP contribution in [-0.2, 0) is 13.1 Å². The van der Waals surface area contributed by atoms with Gasteiger partial charge in [0, 0.05) is 37.0 Å². The van der Waals surface area contributed by atoms with Crippen molar-refractivity contribution in [3.63, 3.8) is 0 Å². The van der Waals surface area contributed by atoms with Gasteiger partial charge in [0.25, 0.3) is 5.91 Å². The summed E-state index contributed by atoms with van der Waals surface area (Å²) in [4.78, 5) is 24.7. The van der Waals surface area contributed by atoms with Gasteiger partial charge < -0.3 is 35.9 Å². The number of halogens is 2. The van der Waals surface area contributed by atoms with Crippen LogP contribution in [0, 0.1) is 18.6 Å². The number of aliphatic hydroxyl groups excluding tert-OH is 1. The van der Waals surface area contributed by atoms with Crippen LogP contribution < -0.4 is 26.5 Å². The van der Waals surface area contributed by atoms with Gasteiger partial charge in [-0.15, -0.1) is 0 Å². The molecule has 0 radical (unpaired) electrons. The predicted molar refractivity (Wildman–Crippen MR) is 113 cm³/mol. The lowest BCUT2D eigenvalue weighted by Crippen LogP contribution is -2.31. The Bertz CT molecular complexity index is 991. The lowest BCUT2D eigenvalue weighted by molar-refractivity contribution is -0.0518. The lowest BCUT2D eigenvalue weighted by Gasteiger charge is -2.16. The van der Waals surface area contributed by atoms with E-state index in [1.54, 1.807) is 0 Å². The van der Waals surface area contributed by atoms with E-state index in [1.165, 1.54) is 24.7 Å². The standard InChI is InChI=1S/C17H18F2N2O5.C4H10N2/c1-9-16(26-2)15(24)12(7-21(9)8-14(22)23)17(25)20-6-10-3-4-11(18)5-13(10)19;5-4-1-2-6-3-4/h3-5,7,14,22-23H,6,8H2,1-2H3,(H,20,25);4,6H,1-3,5H2/t;4-/m.1/s1. The molecule has 0 bridgehead atoms. The summed E-state index contributed by atoms with van der Waals surface area (Å²) in [5.74, 6) is -2.50. The van der Waals surface area contributed by atoms with E-state index in [0.717, 1.165) is 31.8 Å². The van der Waals surface area contributed by atoms with Gasteiger partial charge in [0.1, 0.15) is 17.2 Å². The number of nitrogens with two attached hydrogens (primary N) is 1. The fraction of sp³-hybridized carbons (Fsp3) is 0.429. The molecule has 1 aromatic heterocycles. The van der Waals surface area contributed by atoms with Crippen molar-refractivity contribution in [1.82, 2.24) is 15.2 Å². The Morgan fingerprint density at radius 2 is 2.12 bits per heavy atom. The van der Waals surface area contributed by atoms with Crippen LogP contribution in [0.2, 0.25) is 0 Å². The zero-order valence-electron chi connectivity index (χ0n) is 17.9. The fourth-order valence-electron chi connectivity index (χ4n) is 3.11. The minimum Gasteiger partial charge on any atom is -0.491 e. The molecule has 1 aliphatic rings. The number of nitrogens with zero attached hydrogens (tertiary/aromatic N) is 1. The maximum atomic E-state index is 13.6. The van der Waals surface area contributed by atoms with E-state index in [1.807, 2.05) is 0 Å². The van der Waals surface area contributed by atoms with Gasteiger partial charge in [-0.05, 0) is 26.0 Å². The van der Waals surface area contributed by atoms with Crippen LogP contribution >= 0.6 is 0 Å². The molecule has 6 N–H and O–H groups in total. The SMILES string of the molecule is COc1c(C)n(CC(O)O)cc(C(=O)NCc2ccc(F)cc2F)c1=O.N[C@@H]1CCNC1. The van der Waals surface area contributed by atoms with Gasteiger partial charge in [0.05, 0.1) is 19.3 Å². The summed E-state index contributed by atoms with van der Waals surface area (Å²) in [5, 5.41) is 23.8. The number of hydrogen-bond donors (Lipinski definition) is 5. The molecule has 1 saturated heterocycles. The van der Waals surface area contributed by atoms with Gasteiger partial charge >= 0.3 is 0 Å². The molecule has 2 aromatic rings. The van der Waals surface area contributed by atoms with Crippen molar-refractivity contribution in [2.24, 2.45) is 5.73 Å². The van der Waals surface area contributed by atoms with Crippen molar-refractivity contribution in [2.75, 3.05) is 20.2 Å². The van der Waals surface area contributed by atoms with Crippen LogP contribution in [0.4, 0.5) is 8.78 Å². The quantitative estimate of drug-likeness (QED) is 0.387. The zero-order chi connectivity index (χ0) is 23.8. The van der Waals surface area contributed by atoms with Crippen molar-refractivity contribution in [3.8, 4) is 5.75 Å². The Morgan fingerprint density at radius 3 is 2.62 bits per heavy atom. The van der Waals surface area contributed by atoms with Crippen LogP contribution in [0.15, 0.2) is 29.2 Å². The molecule has 2 heterocycles. The van der Waals surface area contributed by atoms with Gasteiger partial charge in [-0.2, -0.15) is 0 Å². The van der Waals surface area contributed by atoms with Crippen molar-refractivity contribution >= 4 is 5.91 Å². The number of pyridine rings is 1. The molecule has 1 aromatic carbocycles. The molecule has 0 spiro atoms. The Kier molecular flexibility index (Phi) is 9.27. The first-order chi connectivity index (χ1) is 15.1. The zero-order valence-corrected chi connectivity index (χ0v) is 17.9. The maximum Gasteiger partial charge on any atom is 0.257 e. The molecule has 0 saturated carbocycles. The largest absolute Gasteiger partial charge is 0.491 e. The first-order valence-electron chi connectivity index (χ1n) is 9.96. The number of benzene rings is 1. The first-order valence-corrected chi connectivity index (χ1v) is 9.96. The van der Waals surface area contributed by atoms with E-state index in [2.05, 4.69) is 10.6 Å². The number of amides is 1. The maximum absolute atomic E-state index is 13.6. The van der Waals surface area contributed by atoms with E-state index in [-0.39, 0.29) is 30.0 Å². The van der Waals surface area contributed by atoms with E-state index in [0.29, 0.717) is 17.8 Å². The number of ether oxygens (including phenoxy) is 1. The van der Waals surface area contributed by atoms with Crippen LogP contribution in [0.1, 0.15) is 28.0 Å². The molecule has 176 valence electrons. The summed E-state index contributed by atoms with van der Waals surface area (Å²) in [5.41, 5.74) is 4.83. The van der Waals surface area contributed by atoms with Crippen LogP contribution in [0.5, 0.6) is 5.75 Å². The van der Waals surface area contributed by atoms with Crippen molar-refractivity contribution in [1.29, 1.82) is 0 Å². The number of aliphatic hydroxyl groups is 2. The highest BCUT2D eigenvalue weighted by Crippen LogP contribution is 2.15. The molecular weight excluding hydrogens is 426 g/mol. The van der Waals surface area contributed by atoms with Gasteiger partial charge in [-0.1, -0.05) is 6.07 Å². The Balaban J connectivity index is 0.000000520. The Hall–Kier alpha value is -2.86. The lowest BCUT2D eigenvalue weighted by atomic mass is 10.1. The van der Waals surface area contributed by atoms with E-state index < -0.39 is 29.3 Å². The topological polar surface area (TPSA) is 139 Å². The minimum absolute atomic E-state index is 0.0462. The Morgan fingerprint density at radius 1 is 1.41 bits per heavy atom. The van der Waals surface area contributed by atoms with Crippen molar-refractivity contribution < 1.29 is 28.5 Å². The third-order valence-corrected chi connectivity index (χ3v) is 4.86. The number of rotatable bonds is 6. The molecule has 32 heavy (non-hydrogen) atoms. The van der Waals surface area contributed by atoms with Gasteiger partial charge in [0.15, 0.2) is 12.0 Å². The Labute approximate surface area is 183 Å². The number of aromatic nitrogens is 1. The van der Waals surface area contributed by atoms with Crippen LogP contribution in [-0.4, -0.2) is 53.2 Å². The highest BCUT2D eigenvalue weighted by atomic mass is 19.1. The second kappa shape index (κ2) is 11.7. The van der Waals surface area contributed by atoms with Gasteiger partial charge in [0.2, 0.25) is 5.43 Å². The number of carbonyl (C=O) groups is 1. The van der Waals surface area contributed by atoms with E-state index >= 15 is 0 Å². The summed E-state index contributed by atoms with van der Waals surface area (Å²) in [6.45, 7) is 3.11. The predicted octanol–water partition coefficient (Wildman–Crippen LogP) is -0.00878. The summed E-state index contributed by atoms with van der Waals surface area (Å²) in [6.07, 6.45) is 0.612. The third-order valence-electron chi connectivity index (χ3n) is 4.86. The number of hydrogen-bond acceptors (Lipinski definition) is 7. The summed E-state index contributed by atoms with van der Waals surface area (Å²) in [7, 11) is 1.25. The highest BCUT2D eigenvalue weighted by molar-refractivity contribution is 5.94. The monoisotopic (exact) mass is 454 g/mol. The molecule has 3 rings (SSSR count). The van der Waals surface area contributed by atoms with Crippen LogP contribution in [0.3, 0.4) is 0 Å². The number of carbonyl (C=O) groups excluding carboxylic acids is 1. The summed E-state index contributed by atoms with van der Waals surface area (Å²) in [6, 6.07) is 3.35. The van der Waals surface area contributed by atoms with E-state index in [4.69, 9.17) is 20.7 Å². The average Bonchev–Trinajstić information content (AvgIpc) is 3.21. The van der Waals surface area contributed by atoms with Crippen molar-refractivity contribution in [2.45, 2.75) is 38.8 Å². The minimum atomic E-state index is -1.70. The van der Waals surface area contributed by atoms with Crippen molar-refractivity contribution in [3.05, 3.63) is 63.1 Å². The van der Waals surface area contributed by atoms with Gasteiger partial charge in [-0.25, -0.2) is 8.78 Å². The molecule has 9 nitrogen and oxygen atoms in total. The number of methoxy groups -OCH3 is 1. The molecule has 1 fully saturated rings. The first kappa shape index (κ1) is 25.4. The highest BCUT2D eigenvalue weighted by Gasteiger charge is 2.19. The summed E-state index contributed by atoms with van der Waals surface area (Å²) < 4.78 is 32.8. The fourth-order valence-corrected chi connectivity index (χ4v) is 3.11. The third kappa shape index (κ3) is 6.82. The smallest absolute Gasteiger partial charge is 0.257 e. The molecular formula is C21H28F2N4O5. The normalized spacial score (nSPS) is 15.3. The summed E-state index contributed by atoms with van der Waals surface area (Å²) >= 11 is 0. The van der Waals surface area contributed by atoms with Gasteiger partial charge in [-0.3, -0.25) is 9.59 Å². The molecule has 1 aliphatic heterocycles. The second-order valence-corrected chi connectivity index (χ2v) is 7.29. The van der Waals surface area contributed by atoms with E-state index in [9.17, 15) is 18.4 Å². The molecule has 0 aliphatic carbocycles. The molecule has 1 amide bonds. The number of nitrogens with one attached hydrogen (secondary N) is 2.